The molecule has 0 aromatic heterocycles. The van der Waals surface area contributed by atoms with Crippen LogP contribution in [0.15, 0.2) is 24.3 Å². The van der Waals surface area contributed by atoms with Crippen LogP contribution in [0.2, 0.25) is 0 Å². The van der Waals surface area contributed by atoms with Crippen LogP contribution in [-0.4, -0.2) is 37.6 Å². The van der Waals surface area contributed by atoms with E-state index in [-0.39, 0.29) is 17.9 Å². The van der Waals surface area contributed by atoms with Crippen molar-refractivity contribution in [3.63, 3.8) is 0 Å². The lowest BCUT2D eigenvalue weighted by molar-refractivity contribution is -0.117. The van der Waals surface area contributed by atoms with Crippen molar-refractivity contribution in [1.82, 2.24) is 5.32 Å². The Labute approximate surface area is 117 Å². The molecule has 1 saturated heterocycles. The molecular formula is C14H19N3O3. The molecule has 2 rings (SSSR count). The van der Waals surface area contributed by atoms with Gasteiger partial charge >= 0.3 is 0 Å². The van der Waals surface area contributed by atoms with Crippen molar-refractivity contribution in [3.8, 4) is 0 Å². The standard InChI is InChI=1S/C14H19N3O3/c1-10(18)16-11-2-4-12(5-3-11)17-14(19)8-13-9-20-7-6-15-13/h2-5,13,15H,6-9H2,1H3,(H,16,18)(H,17,19). The first-order chi connectivity index (χ1) is 9.63. The molecule has 6 heteroatoms. The molecule has 0 radical (unpaired) electrons. The third-order valence-corrected chi connectivity index (χ3v) is 2.92. The topological polar surface area (TPSA) is 79.5 Å². The van der Waals surface area contributed by atoms with Gasteiger partial charge in [-0.15, -0.1) is 0 Å². The molecule has 20 heavy (non-hydrogen) atoms. The number of carbonyl (C=O) groups excluding carboxylic acids is 2. The summed E-state index contributed by atoms with van der Waals surface area (Å²) in [6.45, 7) is 3.50. The van der Waals surface area contributed by atoms with Crippen LogP contribution in [0, 0.1) is 0 Å². The van der Waals surface area contributed by atoms with Crippen molar-refractivity contribution in [3.05, 3.63) is 24.3 Å². The molecular weight excluding hydrogens is 258 g/mol. The number of hydrogen-bond donors (Lipinski definition) is 3. The molecule has 1 atom stereocenters. The van der Waals surface area contributed by atoms with Crippen molar-refractivity contribution in [2.45, 2.75) is 19.4 Å². The quantitative estimate of drug-likeness (QED) is 0.766. The molecule has 108 valence electrons. The summed E-state index contributed by atoms with van der Waals surface area (Å²) in [6.07, 6.45) is 0.382. The summed E-state index contributed by atoms with van der Waals surface area (Å²) in [5.41, 5.74) is 1.42. The largest absolute Gasteiger partial charge is 0.378 e. The minimum Gasteiger partial charge on any atom is -0.378 e. The van der Waals surface area contributed by atoms with E-state index in [0.29, 0.717) is 31.0 Å². The van der Waals surface area contributed by atoms with Gasteiger partial charge in [-0.05, 0) is 24.3 Å². The van der Waals surface area contributed by atoms with Crippen LogP contribution in [-0.2, 0) is 14.3 Å². The molecule has 1 aliphatic heterocycles. The number of anilines is 2. The van der Waals surface area contributed by atoms with E-state index >= 15 is 0 Å². The van der Waals surface area contributed by atoms with Crippen molar-refractivity contribution in [1.29, 1.82) is 0 Å². The second-order valence-electron chi connectivity index (χ2n) is 4.74. The Morgan fingerprint density at radius 1 is 1.25 bits per heavy atom. The van der Waals surface area contributed by atoms with Crippen molar-refractivity contribution in [2.75, 3.05) is 30.4 Å². The molecule has 0 spiro atoms. The Bertz CT molecular complexity index is 467. The summed E-state index contributed by atoms with van der Waals surface area (Å²) in [5.74, 6) is -0.176. The monoisotopic (exact) mass is 277 g/mol. The normalized spacial score (nSPS) is 18.4. The third-order valence-electron chi connectivity index (χ3n) is 2.92. The zero-order valence-corrected chi connectivity index (χ0v) is 11.4. The summed E-state index contributed by atoms with van der Waals surface area (Å²) < 4.78 is 5.30. The molecule has 0 saturated carbocycles. The molecule has 0 bridgehead atoms. The Morgan fingerprint density at radius 3 is 2.45 bits per heavy atom. The van der Waals surface area contributed by atoms with Gasteiger partial charge in [0.15, 0.2) is 0 Å². The van der Waals surface area contributed by atoms with Crippen LogP contribution < -0.4 is 16.0 Å². The zero-order valence-electron chi connectivity index (χ0n) is 11.4. The number of morpholine rings is 1. The lowest BCUT2D eigenvalue weighted by Crippen LogP contribution is -2.43. The summed E-state index contributed by atoms with van der Waals surface area (Å²) in [5, 5.41) is 8.73. The second kappa shape index (κ2) is 7.02. The number of amides is 2. The first kappa shape index (κ1) is 14.5. The summed E-state index contributed by atoms with van der Waals surface area (Å²) >= 11 is 0. The van der Waals surface area contributed by atoms with Crippen molar-refractivity contribution >= 4 is 23.2 Å². The first-order valence-electron chi connectivity index (χ1n) is 6.62. The maximum absolute atomic E-state index is 11.9. The molecule has 1 aliphatic rings. The molecule has 1 heterocycles. The Kier molecular flexibility index (Phi) is 5.09. The van der Waals surface area contributed by atoms with Gasteiger partial charge in [0.25, 0.3) is 0 Å². The minimum absolute atomic E-state index is 0.0553. The maximum atomic E-state index is 11.9. The average Bonchev–Trinajstić information content (AvgIpc) is 2.41. The molecule has 1 aromatic rings. The SMILES string of the molecule is CC(=O)Nc1ccc(NC(=O)CC2COCCN2)cc1. The molecule has 0 aliphatic carbocycles. The number of benzene rings is 1. The van der Waals surface area contributed by atoms with Crippen LogP contribution in [0.25, 0.3) is 0 Å². The van der Waals surface area contributed by atoms with Gasteiger partial charge in [-0.1, -0.05) is 0 Å². The first-order valence-corrected chi connectivity index (χ1v) is 6.62. The molecule has 6 nitrogen and oxygen atoms in total. The second-order valence-corrected chi connectivity index (χ2v) is 4.74. The fourth-order valence-corrected chi connectivity index (χ4v) is 2.03. The van der Waals surface area contributed by atoms with Crippen LogP contribution in [0.4, 0.5) is 11.4 Å². The van der Waals surface area contributed by atoms with Gasteiger partial charge in [0.05, 0.1) is 13.2 Å². The van der Waals surface area contributed by atoms with E-state index < -0.39 is 0 Å². The number of nitrogens with one attached hydrogen (secondary N) is 3. The lowest BCUT2D eigenvalue weighted by Gasteiger charge is -2.23. The average molecular weight is 277 g/mol. The van der Waals surface area contributed by atoms with E-state index in [1.54, 1.807) is 24.3 Å². The highest BCUT2D eigenvalue weighted by Crippen LogP contribution is 2.14. The van der Waals surface area contributed by atoms with E-state index in [4.69, 9.17) is 4.74 Å². The summed E-state index contributed by atoms with van der Waals surface area (Å²) in [6, 6.07) is 7.09. The van der Waals surface area contributed by atoms with E-state index in [9.17, 15) is 9.59 Å². The third kappa shape index (κ3) is 4.64. The summed E-state index contributed by atoms with van der Waals surface area (Å²) in [4.78, 5) is 22.8. The highest BCUT2D eigenvalue weighted by molar-refractivity contribution is 5.92. The molecule has 2 amide bonds. The van der Waals surface area contributed by atoms with Gasteiger partial charge in [-0.25, -0.2) is 0 Å². The van der Waals surface area contributed by atoms with Gasteiger partial charge < -0.3 is 20.7 Å². The van der Waals surface area contributed by atoms with Gasteiger partial charge in [0.2, 0.25) is 11.8 Å². The van der Waals surface area contributed by atoms with Gasteiger partial charge in [-0.2, -0.15) is 0 Å². The predicted octanol–water partition coefficient (Wildman–Crippen LogP) is 0.962. The summed E-state index contributed by atoms with van der Waals surface area (Å²) in [7, 11) is 0. The Hall–Kier alpha value is -1.92. The predicted molar refractivity (Wildman–Crippen MR) is 76.6 cm³/mol. The number of carbonyl (C=O) groups is 2. The van der Waals surface area contributed by atoms with Crippen molar-refractivity contribution in [2.24, 2.45) is 0 Å². The number of ether oxygens (including phenoxy) is 1. The van der Waals surface area contributed by atoms with Crippen molar-refractivity contribution < 1.29 is 14.3 Å². The van der Waals surface area contributed by atoms with Gasteiger partial charge in [-0.3, -0.25) is 9.59 Å². The Balaban J connectivity index is 1.82. The highest BCUT2D eigenvalue weighted by Gasteiger charge is 2.16. The van der Waals surface area contributed by atoms with Gasteiger partial charge in [0, 0.05) is 37.3 Å². The smallest absolute Gasteiger partial charge is 0.226 e. The lowest BCUT2D eigenvalue weighted by atomic mass is 10.2. The fraction of sp³-hybridized carbons (Fsp3) is 0.429. The van der Waals surface area contributed by atoms with E-state index in [1.807, 2.05) is 0 Å². The van der Waals surface area contributed by atoms with Crippen LogP contribution in [0.1, 0.15) is 13.3 Å². The van der Waals surface area contributed by atoms with E-state index in [2.05, 4.69) is 16.0 Å². The minimum atomic E-state index is -0.120. The van der Waals surface area contributed by atoms with Crippen LogP contribution in [0.3, 0.4) is 0 Å². The molecule has 1 unspecified atom stereocenters. The maximum Gasteiger partial charge on any atom is 0.226 e. The van der Waals surface area contributed by atoms with E-state index in [0.717, 1.165) is 6.54 Å². The van der Waals surface area contributed by atoms with E-state index in [1.165, 1.54) is 6.92 Å². The van der Waals surface area contributed by atoms with Crippen LogP contribution >= 0.6 is 0 Å². The number of rotatable bonds is 4. The van der Waals surface area contributed by atoms with Gasteiger partial charge in [0.1, 0.15) is 0 Å². The molecule has 1 aromatic carbocycles. The zero-order chi connectivity index (χ0) is 14.4. The Morgan fingerprint density at radius 2 is 1.90 bits per heavy atom. The highest BCUT2D eigenvalue weighted by atomic mass is 16.5. The molecule has 3 N–H and O–H groups in total. The fourth-order valence-electron chi connectivity index (χ4n) is 2.03. The number of hydrogen-bond acceptors (Lipinski definition) is 4. The van der Waals surface area contributed by atoms with Crippen LogP contribution in [0.5, 0.6) is 0 Å². The molecule has 1 fully saturated rings.